The van der Waals surface area contributed by atoms with E-state index in [1.807, 2.05) is 38.1 Å². The Morgan fingerprint density at radius 1 is 1.38 bits per heavy atom. The predicted molar refractivity (Wildman–Crippen MR) is 111 cm³/mol. The molecule has 0 unspecified atom stereocenters. The lowest BCUT2D eigenvalue weighted by atomic mass is 9.83. The molecule has 6 nitrogen and oxygen atoms in total. The molecule has 0 bridgehead atoms. The number of nitriles is 1. The molecule has 0 saturated heterocycles. The van der Waals surface area contributed by atoms with Gasteiger partial charge in [0.2, 0.25) is 5.88 Å². The van der Waals surface area contributed by atoms with Crippen LogP contribution in [0.2, 0.25) is 5.15 Å². The minimum atomic E-state index is -0.897. The van der Waals surface area contributed by atoms with Crippen LogP contribution >= 0.6 is 23.2 Å². The molecule has 8 heteroatoms. The van der Waals surface area contributed by atoms with E-state index in [1.165, 1.54) is 0 Å². The van der Waals surface area contributed by atoms with Crippen LogP contribution in [0.4, 0.5) is 0 Å². The summed E-state index contributed by atoms with van der Waals surface area (Å²) in [6.07, 6.45) is 0. The Kier molecular flexibility index (Phi) is 6.02. The van der Waals surface area contributed by atoms with Crippen molar-refractivity contribution in [3.8, 4) is 6.07 Å². The maximum Gasteiger partial charge on any atom is 0.338 e. The molecule has 1 aromatic heterocycles. The number of nitrogens with two attached hydrogens (primary N) is 1. The molecule has 2 N–H and O–H groups in total. The number of aromatic nitrogens is 1. The van der Waals surface area contributed by atoms with Gasteiger partial charge in [-0.2, -0.15) is 5.26 Å². The van der Waals surface area contributed by atoms with E-state index in [-0.39, 0.29) is 40.4 Å². The van der Waals surface area contributed by atoms with Gasteiger partial charge in [0.25, 0.3) is 0 Å². The number of fused-ring (bicyclic) bond motifs is 1. The number of pyridine rings is 1. The van der Waals surface area contributed by atoms with Gasteiger partial charge in [0.05, 0.1) is 29.5 Å². The number of carbonyl (C=O) groups excluding carboxylic acids is 1. The number of rotatable bonds is 4. The highest BCUT2D eigenvalue weighted by molar-refractivity contribution is 6.31. The van der Waals surface area contributed by atoms with Crippen molar-refractivity contribution in [3.63, 3.8) is 0 Å². The summed E-state index contributed by atoms with van der Waals surface area (Å²) in [4.78, 5) is 17.3. The molecule has 1 aliphatic heterocycles. The molecule has 3 rings (SSSR count). The molecule has 1 atom stereocenters. The Balaban J connectivity index is 2.33. The summed E-state index contributed by atoms with van der Waals surface area (Å²) in [5, 5.41) is 10.8. The van der Waals surface area contributed by atoms with Crippen LogP contribution in [-0.2, 0) is 14.3 Å². The van der Waals surface area contributed by atoms with Crippen LogP contribution in [-0.4, -0.2) is 23.4 Å². The quantitative estimate of drug-likeness (QED) is 0.438. The topological polar surface area (TPSA) is 98.2 Å². The fraction of sp³-hybridized carbons (Fsp3) is 0.286. The van der Waals surface area contributed by atoms with Gasteiger partial charge in [0.15, 0.2) is 0 Å². The summed E-state index contributed by atoms with van der Waals surface area (Å²) < 4.78 is 10.6. The largest absolute Gasteiger partial charge is 0.463 e. The van der Waals surface area contributed by atoms with Crippen LogP contribution in [0.1, 0.15) is 29.5 Å². The number of hydrogen-bond acceptors (Lipinski definition) is 6. The first-order valence-electron chi connectivity index (χ1n) is 8.93. The number of alkyl halides is 1. The molecular weight excluding hydrogens is 413 g/mol. The number of aryl methyl sites for hydroxylation is 2. The molecular formula is C21H19Cl2N3O3. The number of hydrogen-bond donors (Lipinski definition) is 1. The highest BCUT2D eigenvalue weighted by Crippen LogP contribution is 2.43. The zero-order chi connectivity index (χ0) is 21.3. The van der Waals surface area contributed by atoms with E-state index in [4.69, 9.17) is 38.4 Å². The lowest BCUT2D eigenvalue weighted by Gasteiger charge is -2.28. The number of carbonyl (C=O) groups is 1. The van der Waals surface area contributed by atoms with Gasteiger partial charge in [-0.1, -0.05) is 17.7 Å². The summed E-state index contributed by atoms with van der Waals surface area (Å²) in [5.41, 5.74) is 9.33. The van der Waals surface area contributed by atoms with Gasteiger partial charge in [-0.15, -0.1) is 11.6 Å². The third kappa shape index (κ3) is 3.76. The summed E-state index contributed by atoms with van der Waals surface area (Å²) in [5.74, 6) is -1.67. The van der Waals surface area contributed by atoms with Gasteiger partial charge >= 0.3 is 5.97 Å². The van der Waals surface area contributed by atoms with Crippen LogP contribution in [0.3, 0.4) is 0 Å². The van der Waals surface area contributed by atoms with Crippen molar-refractivity contribution in [2.24, 2.45) is 5.73 Å². The van der Waals surface area contributed by atoms with Crippen LogP contribution in [0.25, 0.3) is 10.9 Å². The third-order valence-electron chi connectivity index (χ3n) is 4.69. The smallest absolute Gasteiger partial charge is 0.338 e. The van der Waals surface area contributed by atoms with Crippen molar-refractivity contribution in [2.45, 2.75) is 26.7 Å². The second kappa shape index (κ2) is 8.32. The molecule has 0 amide bonds. The Bertz CT molecular complexity index is 1120. The first-order valence-corrected chi connectivity index (χ1v) is 9.84. The average Bonchev–Trinajstić information content (AvgIpc) is 2.66. The Morgan fingerprint density at radius 3 is 2.72 bits per heavy atom. The number of ether oxygens (including phenoxy) is 2. The van der Waals surface area contributed by atoms with E-state index in [1.54, 1.807) is 6.92 Å². The summed E-state index contributed by atoms with van der Waals surface area (Å²) in [6, 6.07) is 7.80. The Hall–Kier alpha value is -2.75. The number of benzene rings is 1. The van der Waals surface area contributed by atoms with E-state index in [0.29, 0.717) is 5.56 Å². The summed E-state index contributed by atoms with van der Waals surface area (Å²) in [6.45, 7) is 5.76. The SMILES string of the molecule is CCOC(=O)C1=C(CCl)OC(N)=C(C#N)[C@H]1c1cc2c(C)cc(C)cc2nc1Cl. The molecule has 1 aliphatic rings. The molecule has 0 spiro atoms. The molecule has 2 aromatic rings. The van der Waals surface area contributed by atoms with E-state index >= 15 is 0 Å². The second-order valence-corrected chi connectivity index (χ2v) is 7.26. The first kappa shape index (κ1) is 21.0. The van der Waals surface area contributed by atoms with Crippen LogP contribution in [0, 0.1) is 25.2 Å². The van der Waals surface area contributed by atoms with Crippen molar-refractivity contribution in [1.82, 2.24) is 4.98 Å². The maximum absolute atomic E-state index is 12.8. The monoisotopic (exact) mass is 431 g/mol. The summed E-state index contributed by atoms with van der Waals surface area (Å²) >= 11 is 12.5. The minimum Gasteiger partial charge on any atom is -0.463 e. The van der Waals surface area contributed by atoms with Crippen LogP contribution in [0.5, 0.6) is 0 Å². The van der Waals surface area contributed by atoms with E-state index < -0.39 is 11.9 Å². The molecule has 0 aliphatic carbocycles. The highest BCUT2D eigenvalue weighted by atomic mass is 35.5. The number of allylic oxidation sites excluding steroid dienone is 2. The average molecular weight is 432 g/mol. The molecule has 150 valence electrons. The van der Waals surface area contributed by atoms with E-state index in [2.05, 4.69) is 4.98 Å². The van der Waals surface area contributed by atoms with E-state index in [9.17, 15) is 10.1 Å². The van der Waals surface area contributed by atoms with Crippen LogP contribution < -0.4 is 5.73 Å². The zero-order valence-corrected chi connectivity index (χ0v) is 17.7. The zero-order valence-electron chi connectivity index (χ0n) is 16.2. The highest BCUT2D eigenvalue weighted by Gasteiger charge is 2.38. The fourth-order valence-electron chi connectivity index (χ4n) is 3.49. The second-order valence-electron chi connectivity index (χ2n) is 6.63. The molecule has 0 radical (unpaired) electrons. The molecule has 0 fully saturated rings. The van der Waals surface area contributed by atoms with E-state index in [0.717, 1.165) is 22.0 Å². The van der Waals surface area contributed by atoms with Gasteiger partial charge in [-0.05, 0) is 44.0 Å². The molecule has 1 aromatic carbocycles. The summed E-state index contributed by atoms with van der Waals surface area (Å²) in [7, 11) is 0. The lowest BCUT2D eigenvalue weighted by Crippen LogP contribution is -2.27. The Labute approximate surface area is 178 Å². The van der Waals surface area contributed by atoms with Crippen molar-refractivity contribution >= 4 is 40.1 Å². The Morgan fingerprint density at radius 2 is 2.10 bits per heavy atom. The van der Waals surface area contributed by atoms with Crippen molar-refractivity contribution in [1.29, 1.82) is 5.26 Å². The number of nitrogens with zero attached hydrogens (tertiary/aromatic N) is 2. The van der Waals surface area contributed by atoms with Crippen molar-refractivity contribution < 1.29 is 14.3 Å². The standard InChI is InChI=1S/C21H19Cl2N3O3/c1-4-28-21(27)18-16(8-22)29-20(25)14(9-24)17(18)13-7-12-11(3)5-10(2)6-15(12)26-19(13)23/h5-7,17H,4,8,25H2,1-3H3/t17-/m1/s1. The molecule has 2 heterocycles. The third-order valence-corrected chi connectivity index (χ3v) is 5.24. The fourth-order valence-corrected chi connectivity index (χ4v) is 3.94. The molecule has 29 heavy (non-hydrogen) atoms. The predicted octanol–water partition coefficient (Wildman–Crippen LogP) is 4.37. The van der Waals surface area contributed by atoms with Gasteiger partial charge in [-0.3, -0.25) is 0 Å². The molecule has 0 saturated carbocycles. The first-order chi connectivity index (χ1) is 13.8. The van der Waals surface area contributed by atoms with Gasteiger partial charge in [0, 0.05) is 10.9 Å². The van der Waals surface area contributed by atoms with Gasteiger partial charge < -0.3 is 15.2 Å². The van der Waals surface area contributed by atoms with Crippen molar-refractivity contribution in [2.75, 3.05) is 12.5 Å². The number of esters is 1. The number of halogens is 2. The van der Waals surface area contributed by atoms with Crippen molar-refractivity contribution in [3.05, 3.63) is 62.8 Å². The maximum atomic E-state index is 12.8. The lowest BCUT2D eigenvalue weighted by molar-refractivity contribution is -0.139. The normalized spacial score (nSPS) is 16.6. The van der Waals surface area contributed by atoms with Gasteiger partial charge in [0.1, 0.15) is 22.6 Å². The minimum absolute atomic E-state index is 0.0507. The van der Waals surface area contributed by atoms with Crippen LogP contribution in [0.15, 0.2) is 41.0 Å². The van der Waals surface area contributed by atoms with Gasteiger partial charge in [-0.25, -0.2) is 9.78 Å².